The molecule has 150 valence electrons. The number of benzene rings is 2. The summed E-state index contributed by atoms with van der Waals surface area (Å²) in [4.78, 5) is 15.2. The third kappa shape index (κ3) is 4.68. The van der Waals surface area contributed by atoms with Crippen LogP contribution < -0.4 is 9.44 Å². The summed E-state index contributed by atoms with van der Waals surface area (Å²) in [6.07, 6.45) is 0. The maximum Gasteiger partial charge on any atom is 0.322 e. The van der Waals surface area contributed by atoms with Gasteiger partial charge in [0.05, 0.1) is 23.1 Å². The highest BCUT2D eigenvalue weighted by molar-refractivity contribution is 7.89. The van der Waals surface area contributed by atoms with Gasteiger partial charge in [-0.15, -0.1) is 0 Å². The summed E-state index contributed by atoms with van der Waals surface area (Å²) in [6, 6.07) is 15.2. The highest BCUT2D eigenvalue weighted by Crippen LogP contribution is 2.11. The van der Waals surface area contributed by atoms with E-state index in [-0.39, 0.29) is 36.2 Å². The number of hydrogen-bond donors (Lipinski definition) is 2. The number of rotatable bonds is 8. The molecule has 11 heteroatoms. The van der Waals surface area contributed by atoms with Crippen molar-refractivity contribution in [3.05, 3.63) is 60.7 Å². The van der Waals surface area contributed by atoms with Crippen LogP contribution in [0.4, 0.5) is 4.79 Å². The van der Waals surface area contributed by atoms with Crippen LogP contribution in [0.3, 0.4) is 0 Å². The smallest absolute Gasteiger partial charge is 0.309 e. The number of sulfonamides is 2. The van der Waals surface area contributed by atoms with Gasteiger partial charge < -0.3 is 9.80 Å². The molecule has 3 rings (SSSR count). The summed E-state index contributed by atoms with van der Waals surface area (Å²) in [7, 11) is -7.47. The molecule has 0 spiro atoms. The number of nitrogens with one attached hydrogen (secondary N) is 2. The van der Waals surface area contributed by atoms with E-state index in [1.54, 1.807) is 36.4 Å². The minimum absolute atomic E-state index is 0.106. The molecule has 28 heavy (non-hydrogen) atoms. The van der Waals surface area contributed by atoms with Crippen LogP contribution in [0, 0.1) is 0 Å². The van der Waals surface area contributed by atoms with Gasteiger partial charge in [-0.3, -0.25) is 0 Å². The Labute approximate surface area is 164 Å². The lowest BCUT2D eigenvalue weighted by Gasteiger charge is -2.19. The third-order valence-electron chi connectivity index (χ3n) is 4.18. The first-order chi connectivity index (χ1) is 13.3. The summed E-state index contributed by atoms with van der Waals surface area (Å²) in [5, 5.41) is 0. The minimum Gasteiger partial charge on any atom is -0.309 e. The number of amides is 2. The largest absolute Gasteiger partial charge is 0.322 e. The van der Waals surface area contributed by atoms with E-state index >= 15 is 0 Å². The van der Waals surface area contributed by atoms with Crippen molar-refractivity contribution < 1.29 is 21.6 Å². The number of urea groups is 1. The Bertz CT molecular complexity index is 944. The molecule has 0 unspecified atom stereocenters. The summed E-state index contributed by atoms with van der Waals surface area (Å²) in [6.45, 7) is 0.169. The third-order valence-corrected chi connectivity index (χ3v) is 6.98. The zero-order valence-corrected chi connectivity index (χ0v) is 16.5. The van der Waals surface area contributed by atoms with Crippen LogP contribution in [0.2, 0.25) is 0 Å². The van der Waals surface area contributed by atoms with E-state index in [1.807, 2.05) is 0 Å². The Morgan fingerprint density at radius 3 is 1.39 bits per heavy atom. The standard InChI is InChI=1S/C17H20N4O5S2/c22-17-20(13-18-27(23,24)15-7-3-1-4-8-15)11-12-21(17)14-19-28(25,26)16-9-5-2-6-10-16/h1-10,18-19H,11-14H2. The van der Waals surface area contributed by atoms with E-state index in [2.05, 4.69) is 9.44 Å². The van der Waals surface area contributed by atoms with Crippen LogP contribution in [0.1, 0.15) is 0 Å². The Morgan fingerprint density at radius 1 is 0.679 bits per heavy atom. The van der Waals surface area contributed by atoms with Crippen molar-refractivity contribution >= 4 is 26.1 Å². The zero-order chi connectivity index (χ0) is 20.2. The molecule has 2 aromatic rings. The molecule has 1 fully saturated rings. The fourth-order valence-electron chi connectivity index (χ4n) is 2.62. The van der Waals surface area contributed by atoms with Gasteiger partial charge in [-0.25, -0.2) is 21.6 Å². The number of nitrogens with zero attached hydrogens (tertiary/aromatic N) is 2. The molecule has 0 saturated carbocycles. The lowest BCUT2D eigenvalue weighted by Crippen LogP contribution is -2.43. The molecule has 2 aromatic carbocycles. The molecular weight excluding hydrogens is 404 g/mol. The quantitative estimate of drug-likeness (QED) is 0.644. The average molecular weight is 425 g/mol. The molecule has 1 heterocycles. The van der Waals surface area contributed by atoms with Gasteiger partial charge in [0, 0.05) is 13.1 Å². The van der Waals surface area contributed by atoms with Crippen LogP contribution in [-0.2, 0) is 20.0 Å². The van der Waals surface area contributed by atoms with E-state index in [1.165, 1.54) is 34.1 Å². The van der Waals surface area contributed by atoms with Gasteiger partial charge in [0.1, 0.15) is 0 Å². The molecule has 0 aliphatic carbocycles. The molecule has 0 bridgehead atoms. The molecule has 1 saturated heterocycles. The molecule has 0 atom stereocenters. The highest BCUT2D eigenvalue weighted by atomic mass is 32.2. The first-order valence-electron chi connectivity index (χ1n) is 8.43. The van der Waals surface area contributed by atoms with Gasteiger partial charge in [0.2, 0.25) is 20.0 Å². The van der Waals surface area contributed by atoms with Crippen LogP contribution in [0.25, 0.3) is 0 Å². The topological polar surface area (TPSA) is 116 Å². The first-order valence-corrected chi connectivity index (χ1v) is 11.4. The maximum atomic E-state index is 12.4. The van der Waals surface area contributed by atoms with E-state index in [9.17, 15) is 21.6 Å². The number of hydrogen-bond acceptors (Lipinski definition) is 5. The van der Waals surface area contributed by atoms with Gasteiger partial charge in [0.15, 0.2) is 0 Å². The SMILES string of the molecule is O=C1N(CNS(=O)(=O)c2ccccc2)CCN1CNS(=O)(=O)c1ccccc1. The summed E-state index contributed by atoms with van der Waals surface area (Å²) < 4.78 is 53.7. The van der Waals surface area contributed by atoms with E-state index in [0.29, 0.717) is 0 Å². The monoisotopic (exact) mass is 424 g/mol. The lowest BCUT2D eigenvalue weighted by molar-refractivity contribution is 0.191. The van der Waals surface area contributed by atoms with Crippen molar-refractivity contribution in [1.29, 1.82) is 0 Å². The fourth-order valence-corrected chi connectivity index (χ4v) is 4.63. The van der Waals surface area contributed by atoms with Gasteiger partial charge in [0.25, 0.3) is 0 Å². The molecule has 1 aliphatic rings. The van der Waals surface area contributed by atoms with Gasteiger partial charge in [-0.05, 0) is 24.3 Å². The molecule has 2 N–H and O–H groups in total. The summed E-state index contributed by atoms with van der Waals surface area (Å²) in [5.74, 6) is 0. The van der Waals surface area contributed by atoms with Crippen molar-refractivity contribution in [2.75, 3.05) is 26.4 Å². The first kappa shape index (κ1) is 20.3. The second kappa shape index (κ2) is 8.27. The average Bonchev–Trinajstić information content (AvgIpc) is 3.06. The van der Waals surface area contributed by atoms with Crippen LogP contribution in [0.15, 0.2) is 70.5 Å². The van der Waals surface area contributed by atoms with Crippen LogP contribution >= 0.6 is 0 Å². The van der Waals surface area contributed by atoms with Crippen molar-refractivity contribution in [2.24, 2.45) is 0 Å². The predicted octanol–water partition coefficient (Wildman–Crippen LogP) is 0.596. The van der Waals surface area contributed by atoms with Crippen molar-refractivity contribution in [2.45, 2.75) is 9.79 Å². The Balaban J connectivity index is 1.55. The van der Waals surface area contributed by atoms with Crippen LogP contribution in [0.5, 0.6) is 0 Å². The Morgan fingerprint density at radius 2 is 1.04 bits per heavy atom. The van der Waals surface area contributed by atoms with Crippen molar-refractivity contribution in [1.82, 2.24) is 19.2 Å². The lowest BCUT2D eigenvalue weighted by atomic mass is 10.4. The normalized spacial score (nSPS) is 15.2. The highest BCUT2D eigenvalue weighted by Gasteiger charge is 2.30. The van der Waals surface area contributed by atoms with Crippen molar-refractivity contribution in [3.63, 3.8) is 0 Å². The predicted molar refractivity (Wildman–Crippen MR) is 102 cm³/mol. The van der Waals surface area contributed by atoms with Gasteiger partial charge in [-0.2, -0.15) is 9.44 Å². The summed E-state index contributed by atoms with van der Waals surface area (Å²) >= 11 is 0. The van der Waals surface area contributed by atoms with E-state index in [0.717, 1.165) is 0 Å². The minimum atomic E-state index is -3.73. The molecule has 9 nitrogen and oxygen atoms in total. The zero-order valence-electron chi connectivity index (χ0n) is 14.9. The molecule has 1 aliphatic heterocycles. The molecule has 0 radical (unpaired) electrons. The second-order valence-corrected chi connectivity index (χ2v) is 9.58. The Hall–Kier alpha value is -2.47. The Kier molecular flexibility index (Phi) is 5.98. The van der Waals surface area contributed by atoms with Gasteiger partial charge >= 0.3 is 6.03 Å². The maximum absolute atomic E-state index is 12.4. The number of carbonyl (C=O) groups is 1. The fraction of sp³-hybridized carbons (Fsp3) is 0.235. The molecule has 0 aromatic heterocycles. The van der Waals surface area contributed by atoms with Gasteiger partial charge in [-0.1, -0.05) is 36.4 Å². The van der Waals surface area contributed by atoms with Crippen LogP contribution in [-0.4, -0.2) is 59.1 Å². The molecular formula is C17H20N4O5S2. The number of carbonyl (C=O) groups excluding carboxylic acids is 1. The van der Waals surface area contributed by atoms with E-state index in [4.69, 9.17) is 0 Å². The van der Waals surface area contributed by atoms with E-state index < -0.39 is 26.1 Å². The van der Waals surface area contributed by atoms with Crippen molar-refractivity contribution in [3.8, 4) is 0 Å². The second-order valence-electron chi connectivity index (χ2n) is 6.05. The molecule has 2 amide bonds. The summed E-state index contributed by atoms with van der Waals surface area (Å²) in [5.41, 5.74) is 0.